The number of hydrogen-bond acceptors (Lipinski definition) is 3. The summed E-state index contributed by atoms with van der Waals surface area (Å²) in [6.07, 6.45) is 0. The van der Waals surface area contributed by atoms with Gasteiger partial charge in [0.25, 0.3) is 0 Å². The van der Waals surface area contributed by atoms with Gasteiger partial charge in [0.05, 0.1) is 0 Å². The first kappa shape index (κ1) is 15.3. The van der Waals surface area contributed by atoms with Crippen LogP contribution in [0.15, 0.2) is 58.3 Å². The molecular weight excluding hydrogens is 310 g/mol. The van der Waals surface area contributed by atoms with Crippen LogP contribution in [0.3, 0.4) is 0 Å². The minimum Gasteiger partial charge on any atom is -0.320 e. The molecule has 0 aliphatic rings. The van der Waals surface area contributed by atoms with E-state index in [-0.39, 0.29) is 0 Å². The molecule has 104 valence electrons. The summed E-state index contributed by atoms with van der Waals surface area (Å²) < 4.78 is 0. The summed E-state index contributed by atoms with van der Waals surface area (Å²) in [6, 6.07) is 15.3. The summed E-state index contributed by atoms with van der Waals surface area (Å²) in [4.78, 5) is 14.9. The second-order valence-electron chi connectivity index (χ2n) is 4.37. The van der Waals surface area contributed by atoms with Crippen molar-refractivity contribution < 1.29 is 4.79 Å². The van der Waals surface area contributed by atoms with Crippen LogP contribution in [0.25, 0.3) is 0 Å². The van der Waals surface area contributed by atoms with Gasteiger partial charge in [-0.25, -0.2) is 0 Å². The molecule has 20 heavy (non-hydrogen) atoms. The Kier molecular flexibility index (Phi) is 5.40. The Bertz CT molecular complexity index is 571. The largest absolute Gasteiger partial charge is 0.320 e. The van der Waals surface area contributed by atoms with Crippen LogP contribution in [0.2, 0.25) is 0 Å². The topological polar surface area (TPSA) is 20.3 Å². The number of amides is 1. The molecule has 0 aromatic heterocycles. The summed E-state index contributed by atoms with van der Waals surface area (Å²) in [5, 5.41) is -0.488. The Balaban J connectivity index is 2.19. The van der Waals surface area contributed by atoms with Gasteiger partial charge in [-0.15, -0.1) is 25.3 Å². The number of halogens is 1. The van der Waals surface area contributed by atoms with Crippen LogP contribution in [0, 0.1) is 0 Å². The zero-order valence-electron chi connectivity index (χ0n) is 10.7. The molecule has 0 bridgehead atoms. The van der Waals surface area contributed by atoms with Gasteiger partial charge >= 0.3 is 5.37 Å². The second-order valence-corrected chi connectivity index (χ2v) is 5.65. The fraction of sp³-hybridized carbons (Fsp3) is 0.133. The van der Waals surface area contributed by atoms with E-state index in [1.807, 2.05) is 48.5 Å². The van der Waals surface area contributed by atoms with Crippen LogP contribution in [0.1, 0.15) is 11.1 Å². The first-order chi connectivity index (χ1) is 9.58. The molecule has 2 aromatic rings. The van der Waals surface area contributed by atoms with Crippen LogP contribution in [-0.2, 0) is 13.1 Å². The number of nitrogens with zero attached hydrogens (tertiary/aromatic N) is 1. The Morgan fingerprint density at radius 1 is 0.900 bits per heavy atom. The molecule has 0 saturated heterocycles. The van der Waals surface area contributed by atoms with Crippen LogP contribution < -0.4 is 0 Å². The van der Waals surface area contributed by atoms with Crippen molar-refractivity contribution >= 4 is 42.2 Å². The molecule has 0 aliphatic carbocycles. The van der Waals surface area contributed by atoms with Crippen molar-refractivity contribution in [3.05, 3.63) is 59.7 Å². The lowest BCUT2D eigenvalue weighted by atomic mass is 10.2. The van der Waals surface area contributed by atoms with Crippen LogP contribution in [0.4, 0.5) is 4.79 Å². The van der Waals surface area contributed by atoms with Crippen molar-refractivity contribution in [2.75, 3.05) is 0 Å². The first-order valence-corrected chi connectivity index (χ1v) is 7.33. The van der Waals surface area contributed by atoms with E-state index in [1.54, 1.807) is 4.90 Å². The molecule has 0 N–H and O–H groups in total. The van der Waals surface area contributed by atoms with E-state index in [4.69, 9.17) is 11.6 Å². The normalized spacial score (nSPS) is 10.3. The predicted octanol–water partition coefficient (Wildman–Crippen LogP) is 4.63. The Hall–Kier alpha value is -1.10. The molecule has 1 amide bonds. The van der Waals surface area contributed by atoms with Crippen molar-refractivity contribution in [3.63, 3.8) is 0 Å². The maximum Gasteiger partial charge on any atom is 0.316 e. The Morgan fingerprint density at radius 3 is 1.65 bits per heavy atom. The van der Waals surface area contributed by atoms with E-state index in [2.05, 4.69) is 25.3 Å². The quantitative estimate of drug-likeness (QED) is 0.478. The fourth-order valence-electron chi connectivity index (χ4n) is 1.88. The maximum absolute atomic E-state index is 11.6. The van der Waals surface area contributed by atoms with Gasteiger partial charge in [-0.2, -0.15) is 0 Å². The molecule has 0 heterocycles. The second kappa shape index (κ2) is 7.07. The summed E-state index contributed by atoms with van der Waals surface area (Å²) in [5.41, 5.74) is 1.92. The SMILES string of the molecule is O=C(Cl)N(Cc1ccccc1S)Cc1ccccc1S. The number of thiol groups is 2. The molecule has 0 aliphatic heterocycles. The van der Waals surface area contributed by atoms with E-state index in [0.29, 0.717) is 13.1 Å². The molecular formula is C15H14ClNOS2. The van der Waals surface area contributed by atoms with Crippen molar-refractivity contribution in [1.82, 2.24) is 4.90 Å². The first-order valence-electron chi connectivity index (χ1n) is 6.06. The van der Waals surface area contributed by atoms with Gasteiger partial charge in [0.15, 0.2) is 0 Å². The van der Waals surface area contributed by atoms with Gasteiger partial charge in [0, 0.05) is 22.9 Å². The molecule has 2 nitrogen and oxygen atoms in total. The van der Waals surface area contributed by atoms with E-state index in [9.17, 15) is 4.79 Å². The van der Waals surface area contributed by atoms with Gasteiger partial charge in [-0.05, 0) is 34.9 Å². The Morgan fingerprint density at radius 2 is 1.30 bits per heavy atom. The molecule has 5 heteroatoms. The highest BCUT2D eigenvalue weighted by Crippen LogP contribution is 2.20. The lowest BCUT2D eigenvalue weighted by Gasteiger charge is -2.21. The third-order valence-electron chi connectivity index (χ3n) is 2.95. The minimum atomic E-state index is -0.488. The van der Waals surface area contributed by atoms with Crippen LogP contribution in [0.5, 0.6) is 0 Å². The van der Waals surface area contributed by atoms with Crippen LogP contribution in [-0.4, -0.2) is 10.3 Å². The average molecular weight is 324 g/mol. The summed E-state index contributed by atoms with van der Waals surface area (Å²) >= 11 is 14.5. The number of rotatable bonds is 4. The predicted molar refractivity (Wildman–Crippen MR) is 87.9 cm³/mol. The summed E-state index contributed by atoms with van der Waals surface area (Å²) in [7, 11) is 0. The molecule has 0 radical (unpaired) electrons. The average Bonchev–Trinajstić information content (AvgIpc) is 2.42. The van der Waals surface area contributed by atoms with E-state index in [1.165, 1.54) is 0 Å². The summed E-state index contributed by atoms with van der Waals surface area (Å²) in [5.74, 6) is 0. The van der Waals surface area contributed by atoms with Gasteiger partial charge in [-0.3, -0.25) is 4.79 Å². The maximum atomic E-state index is 11.6. The molecule has 0 fully saturated rings. The van der Waals surface area contributed by atoms with E-state index in [0.717, 1.165) is 20.9 Å². The number of hydrogen-bond donors (Lipinski definition) is 2. The standard InChI is InChI=1S/C15H14ClNOS2/c16-15(18)17(9-11-5-1-3-7-13(11)19)10-12-6-2-4-8-14(12)20/h1-8,19-20H,9-10H2. The third-order valence-corrected chi connectivity index (χ3v) is 4.07. The molecule has 0 atom stereocenters. The zero-order valence-corrected chi connectivity index (χ0v) is 13.2. The minimum absolute atomic E-state index is 0.421. The molecule has 2 rings (SSSR count). The summed E-state index contributed by atoms with van der Waals surface area (Å²) in [6.45, 7) is 0.842. The third kappa shape index (κ3) is 3.95. The van der Waals surface area contributed by atoms with Crippen molar-refractivity contribution in [3.8, 4) is 0 Å². The fourth-order valence-corrected chi connectivity index (χ4v) is 2.46. The number of carbonyl (C=O) groups is 1. The van der Waals surface area contributed by atoms with Gasteiger partial charge in [0.1, 0.15) is 0 Å². The lowest BCUT2D eigenvalue weighted by Crippen LogP contribution is -2.25. The van der Waals surface area contributed by atoms with Crippen molar-refractivity contribution in [1.29, 1.82) is 0 Å². The lowest BCUT2D eigenvalue weighted by molar-refractivity contribution is 0.216. The number of carbonyl (C=O) groups excluding carboxylic acids is 1. The zero-order chi connectivity index (χ0) is 14.5. The highest BCUT2D eigenvalue weighted by atomic mass is 35.5. The highest BCUT2D eigenvalue weighted by Gasteiger charge is 2.14. The van der Waals surface area contributed by atoms with Crippen molar-refractivity contribution in [2.24, 2.45) is 0 Å². The molecule has 0 unspecified atom stereocenters. The van der Waals surface area contributed by atoms with Crippen LogP contribution >= 0.6 is 36.9 Å². The van der Waals surface area contributed by atoms with E-state index < -0.39 is 5.37 Å². The molecule has 2 aromatic carbocycles. The van der Waals surface area contributed by atoms with Gasteiger partial charge in [-0.1, -0.05) is 36.4 Å². The van der Waals surface area contributed by atoms with E-state index >= 15 is 0 Å². The van der Waals surface area contributed by atoms with Gasteiger partial charge in [0.2, 0.25) is 0 Å². The van der Waals surface area contributed by atoms with Gasteiger partial charge < -0.3 is 4.90 Å². The number of benzene rings is 2. The molecule has 0 spiro atoms. The van der Waals surface area contributed by atoms with Crippen molar-refractivity contribution in [2.45, 2.75) is 22.9 Å². The Labute approximate surface area is 134 Å². The smallest absolute Gasteiger partial charge is 0.316 e. The molecule has 0 saturated carbocycles. The highest BCUT2D eigenvalue weighted by molar-refractivity contribution is 7.80. The monoisotopic (exact) mass is 323 g/mol.